The Kier molecular flexibility index (Phi) is 4.87. The topological polar surface area (TPSA) is 105 Å². The molecule has 1 aromatic heterocycles. The second-order valence-electron chi connectivity index (χ2n) is 7.99. The molecule has 3 fully saturated rings. The third kappa shape index (κ3) is 3.63. The molecule has 1 spiro atoms. The molecule has 10 nitrogen and oxygen atoms in total. The average Bonchev–Trinajstić information content (AvgIpc) is 2.72. The number of urea groups is 1. The van der Waals surface area contributed by atoms with Crippen LogP contribution < -0.4 is 20.4 Å². The molecule has 0 atom stereocenters. The summed E-state index contributed by atoms with van der Waals surface area (Å²) >= 11 is 0. The maximum absolute atomic E-state index is 11.5. The Bertz CT molecular complexity index is 918. The second kappa shape index (κ2) is 7.69. The predicted molar refractivity (Wildman–Crippen MR) is 112 cm³/mol. The molecule has 2 amide bonds. The van der Waals surface area contributed by atoms with Crippen molar-refractivity contribution in [2.75, 3.05) is 74.8 Å². The molecule has 2 aromatic rings. The Hall–Kier alpha value is -2.98. The van der Waals surface area contributed by atoms with Gasteiger partial charge in [0.05, 0.1) is 31.8 Å². The Balaban J connectivity index is 1.42. The lowest BCUT2D eigenvalue weighted by molar-refractivity contribution is -0.127. The minimum absolute atomic E-state index is 0.258. The van der Waals surface area contributed by atoms with E-state index in [2.05, 4.69) is 20.4 Å². The van der Waals surface area contributed by atoms with Gasteiger partial charge in [-0.1, -0.05) is 0 Å². The zero-order valence-electron chi connectivity index (χ0n) is 16.9. The summed E-state index contributed by atoms with van der Waals surface area (Å²) < 4.78 is 10.9. The van der Waals surface area contributed by atoms with Gasteiger partial charge in [0.1, 0.15) is 0 Å². The van der Waals surface area contributed by atoms with Crippen LogP contribution in [0.15, 0.2) is 24.3 Å². The van der Waals surface area contributed by atoms with E-state index in [4.69, 9.17) is 24.4 Å². The van der Waals surface area contributed by atoms with Crippen LogP contribution in [0.1, 0.15) is 0 Å². The molecule has 3 saturated heterocycles. The van der Waals surface area contributed by atoms with Gasteiger partial charge in [0.25, 0.3) is 0 Å². The van der Waals surface area contributed by atoms with E-state index in [1.54, 1.807) is 7.05 Å². The standard InChI is InChI=1S/C20H25N7O3/c1-21-19(28)22-15-4-2-14(3-5-15)16-23-17(26-6-8-29-9-7-26)25-18(24-16)27-10-20(11-27)12-30-13-20/h2-5H,6-13H2,1H3,(H2,21,22,28). The number of benzene rings is 1. The van der Waals surface area contributed by atoms with Crippen molar-refractivity contribution in [2.45, 2.75) is 0 Å². The first-order valence-corrected chi connectivity index (χ1v) is 10.1. The van der Waals surface area contributed by atoms with Crippen LogP contribution in [0.25, 0.3) is 11.4 Å². The highest BCUT2D eigenvalue weighted by Crippen LogP contribution is 2.39. The summed E-state index contributed by atoms with van der Waals surface area (Å²) in [5, 5.41) is 5.30. The summed E-state index contributed by atoms with van der Waals surface area (Å²) in [5.74, 6) is 2.00. The van der Waals surface area contributed by atoms with Crippen LogP contribution >= 0.6 is 0 Å². The molecule has 30 heavy (non-hydrogen) atoms. The molecule has 4 heterocycles. The van der Waals surface area contributed by atoms with Crippen molar-refractivity contribution in [1.29, 1.82) is 0 Å². The SMILES string of the molecule is CNC(=O)Nc1ccc(-c2nc(N3CCOCC3)nc(N3CC4(COC4)C3)n2)cc1. The minimum atomic E-state index is -0.258. The van der Waals surface area contributed by atoms with Crippen molar-refractivity contribution >= 4 is 23.6 Å². The number of carbonyl (C=O) groups is 1. The molecule has 158 valence electrons. The number of amides is 2. The zero-order valence-corrected chi connectivity index (χ0v) is 16.9. The molecule has 1 aromatic carbocycles. The molecule has 2 N–H and O–H groups in total. The van der Waals surface area contributed by atoms with Crippen molar-refractivity contribution in [2.24, 2.45) is 5.41 Å². The summed E-state index contributed by atoms with van der Waals surface area (Å²) in [7, 11) is 1.58. The number of aromatic nitrogens is 3. The van der Waals surface area contributed by atoms with Crippen molar-refractivity contribution in [3.05, 3.63) is 24.3 Å². The van der Waals surface area contributed by atoms with Gasteiger partial charge in [-0.2, -0.15) is 15.0 Å². The lowest BCUT2D eigenvalue weighted by Gasteiger charge is -2.54. The minimum Gasteiger partial charge on any atom is -0.380 e. The number of rotatable bonds is 4. The van der Waals surface area contributed by atoms with Gasteiger partial charge < -0.3 is 29.9 Å². The fourth-order valence-corrected chi connectivity index (χ4v) is 3.90. The Morgan fingerprint density at radius 2 is 1.63 bits per heavy atom. The summed E-state index contributed by atoms with van der Waals surface area (Å²) in [4.78, 5) is 30.1. The highest BCUT2D eigenvalue weighted by molar-refractivity contribution is 5.89. The number of hydrogen-bond donors (Lipinski definition) is 2. The Morgan fingerprint density at radius 1 is 0.967 bits per heavy atom. The van der Waals surface area contributed by atoms with Crippen LogP contribution in [0.3, 0.4) is 0 Å². The first-order chi connectivity index (χ1) is 14.6. The summed E-state index contributed by atoms with van der Waals surface area (Å²) in [6.07, 6.45) is 0. The van der Waals surface area contributed by atoms with Gasteiger partial charge in [-0.15, -0.1) is 0 Å². The number of morpholine rings is 1. The van der Waals surface area contributed by atoms with E-state index < -0.39 is 0 Å². The first-order valence-electron chi connectivity index (χ1n) is 10.1. The molecule has 10 heteroatoms. The van der Waals surface area contributed by atoms with Crippen LogP contribution in [-0.4, -0.2) is 80.6 Å². The lowest BCUT2D eigenvalue weighted by Crippen LogP contribution is -2.66. The quantitative estimate of drug-likeness (QED) is 0.767. The number of nitrogens with zero attached hydrogens (tertiary/aromatic N) is 5. The molecule has 0 radical (unpaired) electrons. The summed E-state index contributed by atoms with van der Waals surface area (Å²) in [5.41, 5.74) is 1.85. The number of carbonyl (C=O) groups excluding carboxylic acids is 1. The Morgan fingerprint density at radius 3 is 2.23 bits per heavy atom. The predicted octanol–water partition coefficient (Wildman–Crippen LogP) is 0.963. The molecule has 3 aliphatic rings. The molecule has 5 rings (SSSR count). The van der Waals surface area contributed by atoms with E-state index in [0.717, 1.165) is 45.0 Å². The molecule has 0 saturated carbocycles. The number of anilines is 3. The van der Waals surface area contributed by atoms with Gasteiger partial charge in [-0.25, -0.2) is 4.79 Å². The van der Waals surface area contributed by atoms with Gasteiger partial charge in [0.2, 0.25) is 11.9 Å². The summed E-state index contributed by atoms with van der Waals surface area (Å²) in [6, 6.07) is 7.24. The monoisotopic (exact) mass is 411 g/mol. The largest absolute Gasteiger partial charge is 0.380 e. The molecular formula is C20H25N7O3. The van der Waals surface area contributed by atoms with E-state index in [9.17, 15) is 4.79 Å². The molecule has 0 unspecified atom stereocenters. The van der Waals surface area contributed by atoms with Gasteiger partial charge in [0.15, 0.2) is 5.82 Å². The molecule has 0 bridgehead atoms. The second-order valence-corrected chi connectivity index (χ2v) is 7.99. The van der Waals surface area contributed by atoms with E-state index in [0.29, 0.717) is 36.6 Å². The van der Waals surface area contributed by atoms with Gasteiger partial charge in [-0.05, 0) is 24.3 Å². The van der Waals surface area contributed by atoms with Crippen LogP contribution in [0.4, 0.5) is 22.4 Å². The van der Waals surface area contributed by atoms with Gasteiger partial charge in [0, 0.05) is 44.5 Å². The number of ether oxygens (including phenoxy) is 2. The highest BCUT2D eigenvalue weighted by atomic mass is 16.5. The van der Waals surface area contributed by atoms with E-state index in [1.165, 1.54) is 0 Å². The third-order valence-electron chi connectivity index (χ3n) is 5.69. The van der Waals surface area contributed by atoms with Gasteiger partial charge in [-0.3, -0.25) is 0 Å². The van der Waals surface area contributed by atoms with Crippen LogP contribution in [0, 0.1) is 5.41 Å². The van der Waals surface area contributed by atoms with Crippen LogP contribution in [0.5, 0.6) is 0 Å². The maximum Gasteiger partial charge on any atom is 0.318 e. The first kappa shape index (κ1) is 19.0. The molecule has 3 aliphatic heterocycles. The zero-order chi connectivity index (χ0) is 20.6. The van der Waals surface area contributed by atoms with Crippen LogP contribution in [-0.2, 0) is 9.47 Å². The highest BCUT2D eigenvalue weighted by Gasteiger charge is 2.50. The van der Waals surface area contributed by atoms with E-state index in [-0.39, 0.29) is 11.4 Å². The van der Waals surface area contributed by atoms with E-state index >= 15 is 0 Å². The smallest absolute Gasteiger partial charge is 0.318 e. The van der Waals surface area contributed by atoms with Crippen molar-refractivity contribution in [3.8, 4) is 11.4 Å². The van der Waals surface area contributed by atoms with Gasteiger partial charge >= 0.3 is 6.03 Å². The number of nitrogens with one attached hydrogen (secondary N) is 2. The average molecular weight is 411 g/mol. The van der Waals surface area contributed by atoms with Crippen molar-refractivity contribution in [3.63, 3.8) is 0 Å². The molecular weight excluding hydrogens is 386 g/mol. The fourth-order valence-electron chi connectivity index (χ4n) is 3.90. The van der Waals surface area contributed by atoms with Crippen molar-refractivity contribution < 1.29 is 14.3 Å². The molecule has 0 aliphatic carbocycles. The number of hydrogen-bond acceptors (Lipinski definition) is 8. The van der Waals surface area contributed by atoms with Crippen LogP contribution in [0.2, 0.25) is 0 Å². The normalized spacial score (nSPS) is 19.8. The summed E-state index contributed by atoms with van der Waals surface area (Å²) in [6.45, 7) is 6.31. The van der Waals surface area contributed by atoms with Crippen molar-refractivity contribution in [1.82, 2.24) is 20.3 Å². The van der Waals surface area contributed by atoms with E-state index in [1.807, 2.05) is 24.3 Å². The third-order valence-corrected chi connectivity index (χ3v) is 5.69. The fraction of sp³-hybridized carbons (Fsp3) is 0.500. The Labute approximate surface area is 174 Å². The lowest BCUT2D eigenvalue weighted by atomic mass is 9.78. The maximum atomic E-state index is 11.5.